The van der Waals surface area contributed by atoms with E-state index in [0.29, 0.717) is 18.4 Å². The summed E-state index contributed by atoms with van der Waals surface area (Å²) in [4.78, 5) is 4.68. The summed E-state index contributed by atoms with van der Waals surface area (Å²) in [7, 11) is 0. The van der Waals surface area contributed by atoms with Gasteiger partial charge in [-0.15, -0.1) is 0 Å². The van der Waals surface area contributed by atoms with Crippen molar-refractivity contribution in [3.05, 3.63) is 11.6 Å². The van der Waals surface area contributed by atoms with Crippen LogP contribution in [0.4, 0.5) is 0 Å². The van der Waals surface area contributed by atoms with Crippen LogP contribution in [0.2, 0.25) is 0 Å². The van der Waals surface area contributed by atoms with Gasteiger partial charge in [0.25, 0.3) is 0 Å². The van der Waals surface area contributed by atoms with E-state index in [1.807, 2.05) is 0 Å². The second kappa shape index (κ2) is 6.15. The molecule has 96 valence electrons. The number of hydrogen-bond acceptors (Lipinski definition) is 3. The highest BCUT2D eigenvalue weighted by Gasteiger charge is 2.21. The van der Waals surface area contributed by atoms with Crippen molar-refractivity contribution < 1.29 is 0 Å². The highest BCUT2D eigenvalue weighted by atomic mass is 15.2. The van der Waals surface area contributed by atoms with Crippen molar-refractivity contribution >= 4 is 0 Å². The quantitative estimate of drug-likeness (QED) is 0.826. The van der Waals surface area contributed by atoms with Gasteiger partial charge < -0.3 is 5.73 Å². The lowest BCUT2D eigenvalue weighted by molar-refractivity contribution is 0.429. The molecule has 2 rings (SSSR count). The predicted octanol–water partition coefficient (Wildman–Crippen LogP) is 2.69. The molecule has 0 aliphatic heterocycles. The molecule has 4 nitrogen and oxygen atoms in total. The lowest BCUT2D eigenvalue weighted by Gasteiger charge is -2.18. The first-order valence-corrected chi connectivity index (χ1v) is 6.97. The predicted molar refractivity (Wildman–Crippen MR) is 68.9 cm³/mol. The van der Waals surface area contributed by atoms with Crippen LogP contribution < -0.4 is 5.73 Å². The van der Waals surface area contributed by atoms with Crippen LogP contribution in [0.15, 0.2) is 0 Å². The number of nitrogens with zero attached hydrogens (tertiary/aromatic N) is 2. The zero-order chi connectivity index (χ0) is 12.1. The van der Waals surface area contributed by atoms with Crippen LogP contribution in [-0.2, 0) is 0 Å². The zero-order valence-corrected chi connectivity index (χ0v) is 10.8. The van der Waals surface area contributed by atoms with Gasteiger partial charge in [0.2, 0.25) is 0 Å². The van der Waals surface area contributed by atoms with Crippen LogP contribution >= 0.6 is 0 Å². The Balaban J connectivity index is 2.03. The number of hydrogen-bond donors (Lipinski definition) is 2. The first-order valence-electron chi connectivity index (χ1n) is 6.97. The molecular weight excluding hydrogens is 212 g/mol. The third kappa shape index (κ3) is 3.06. The summed E-state index contributed by atoms with van der Waals surface area (Å²) >= 11 is 0. The van der Waals surface area contributed by atoms with Crippen molar-refractivity contribution in [3.8, 4) is 0 Å². The van der Waals surface area contributed by atoms with Gasteiger partial charge in [0.15, 0.2) is 5.82 Å². The van der Waals surface area contributed by atoms with Crippen molar-refractivity contribution in [2.45, 2.75) is 63.7 Å². The molecule has 0 bridgehead atoms. The molecule has 1 saturated carbocycles. The number of nitrogens with one attached hydrogen (secondary N) is 1. The molecule has 1 aromatic rings. The van der Waals surface area contributed by atoms with E-state index in [0.717, 1.165) is 24.5 Å². The van der Waals surface area contributed by atoms with Crippen molar-refractivity contribution in [3.63, 3.8) is 0 Å². The minimum Gasteiger partial charge on any atom is -0.330 e. The smallest absolute Gasteiger partial charge is 0.155 e. The third-order valence-electron chi connectivity index (χ3n) is 3.80. The monoisotopic (exact) mass is 236 g/mol. The van der Waals surface area contributed by atoms with Crippen LogP contribution in [0.5, 0.6) is 0 Å². The average Bonchev–Trinajstić information content (AvgIpc) is 2.86. The Hall–Kier alpha value is -0.900. The number of aromatic amines is 1. The Labute approximate surface area is 103 Å². The van der Waals surface area contributed by atoms with E-state index in [1.54, 1.807) is 0 Å². The summed E-state index contributed by atoms with van der Waals surface area (Å²) in [6.07, 6.45) is 8.77. The summed E-state index contributed by atoms with van der Waals surface area (Å²) in [6.45, 7) is 2.83. The molecule has 1 aromatic heterocycles. The van der Waals surface area contributed by atoms with Gasteiger partial charge >= 0.3 is 0 Å². The van der Waals surface area contributed by atoms with Gasteiger partial charge in [-0.25, -0.2) is 4.98 Å². The SMILES string of the molecule is CCCC(CN)c1n[nH]c(C2CCCCC2)n1. The molecule has 1 fully saturated rings. The van der Waals surface area contributed by atoms with Crippen molar-refractivity contribution in [2.75, 3.05) is 6.54 Å². The molecule has 0 spiro atoms. The Morgan fingerprint density at radius 3 is 2.76 bits per heavy atom. The zero-order valence-electron chi connectivity index (χ0n) is 10.8. The summed E-state index contributed by atoms with van der Waals surface area (Å²) in [5.74, 6) is 2.95. The first-order chi connectivity index (χ1) is 8.35. The average molecular weight is 236 g/mol. The molecule has 1 unspecified atom stereocenters. The third-order valence-corrected chi connectivity index (χ3v) is 3.80. The molecule has 0 amide bonds. The molecule has 17 heavy (non-hydrogen) atoms. The van der Waals surface area contributed by atoms with Crippen LogP contribution in [0.1, 0.15) is 75.4 Å². The fraction of sp³-hybridized carbons (Fsp3) is 0.846. The number of aromatic nitrogens is 3. The summed E-state index contributed by atoms with van der Waals surface area (Å²) in [5.41, 5.74) is 5.78. The van der Waals surface area contributed by atoms with E-state index in [-0.39, 0.29) is 0 Å². The maximum atomic E-state index is 5.78. The molecular formula is C13H24N4. The molecule has 3 N–H and O–H groups in total. The molecule has 1 heterocycles. The van der Waals surface area contributed by atoms with Crippen LogP contribution in [0.25, 0.3) is 0 Å². The number of rotatable bonds is 5. The molecule has 0 saturated heterocycles. The molecule has 0 radical (unpaired) electrons. The van der Waals surface area contributed by atoms with Crippen molar-refractivity contribution in [1.29, 1.82) is 0 Å². The van der Waals surface area contributed by atoms with E-state index in [2.05, 4.69) is 22.1 Å². The number of nitrogens with two attached hydrogens (primary N) is 1. The van der Waals surface area contributed by atoms with Crippen LogP contribution in [0.3, 0.4) is 0 Å². The molecule has 1 aliphatic rings. The summed E-state index contributed by atoms with van der Waals surface area (Å²) in [6, 6.07) is 0. The van der Waals surface area contributed by atoms with Gasteiger partial charge in [-0.1, -0.05) is 32.6 Å². The topological polar surface area (TPSA) is 67.6 Å². The van der Waals surface area contributed by atoms with Gasteiger partial charge in [-0.05, 0) is 19.3 Å². The lowest BCUT2D eigenvalue weighted by atomic mass is 9.89. The van der Waals surface area contributed by atoms with Gasteiger partial charge in [0.1, 0.15) is 5.82 Å². The van der Waals surface area contributed by atoms with Gasteiger partial charge in [-0.2, -0.15) is 5.10 Å². The van der Waals surface area contributed by atoms with E-state index in [4.69, 9.17) is 5.73 Å². The second-order valence-corrected chi connectivity index (χ2v) is 5.14. The normalized spacial score (nSPS) is 19.4. The van der Waals surface area contributed by atoms with Gasteiger partial charge in [-0.3, -0.25) is 5.10 Å². The first kappa shape index (κ1) is 12.6. The van der Waals surface area contributed by atoms with E-state index >= 15 is 0 Å². The summed E-state index contributed by atoms with van der Waals surface area (Å²) < 4.78 is 0. The standard InChI is InChI=1S/C13H24N4/c1-2-6-11(9-14)13-15-12(16-17-13)10-7-4-3-5-8-10/h10-11H,2-9,14H2,1H3,(H,15,16,17). The highest BCUT2D eigenvalue weighted by Crippen LogP contribution is 2.31. The maximum absolute atomic E-state index is 5.78. The minimum atomic E-state index is 0.327. The van der Waals surface area contributed by atoms with Crippen molar-refractivity contribution in [1.82, 2.24) is 15.2 Å². The number of H-pyrrole nitrogens is 1. The van der Waals surface area contributed by atoms with E-state index < -0.39 is 0 Å². The Bertz CT molecular complexity index is 309. The van der Waals surface area contributed by atoms with Gasteiger partial charge in [0.05, 0.1) is 0 Å². The largest absolute Gasteiger partial charge is 0.330 e. The van der Waals surface area contributed by atoms with Crippen LogP contribution in [0, 0.1) is 0 Å². The Kier molecular flexibility index (Phi) is 4.54. The summed E-state index contributed by atoms with van der Waals surface area (Å²) in [5, 5.41) is 7.50. The lowest BCUT2D eigenvalue weighted by Crippen LogP contribution is -2.14. The molecule has 1 aliphatic carbocycles. The Morgan fingerprint density at radius 1 is 1.35 bits per heavy atom. The van der Waals surface area contributed by atoms with E-state index in [1.165, 1.54) is 32.1 Å². The maximum Gasteiger partial charge on any atom is 0.155 e. The fourth-order valence-corrected chi connectivity index (χ4v) is 2.73. The molecule has 4 heteroatoms. The van der Waals surface area contributed by atoms with E-state index in [9.17, 15) is 0 Å². The van der Waals surface area contributed by atoms with Gasteiger partial charge in [0, 0.05) is 18.4 Å². The molecule has 1 atom stereocenters. The minimum absolute atomic E-state index is 0.327. The highest BCUT2D eigenvalue weighted by molar-refractivity contribution is 5.03. The van der Waals surface area contributed by atoms with Crippen LogP contribution in [-0.4, -0.2) is 21.7 Å². The fourth-order valence-electron chi connectivity index (χ4n) is 2.73. The second-order valence-electron chi connectivity index (χ2n) is 5.14. The van der Waals surface area contributed by atoms with Crippen molar-refractivity contribution in [2.24, 2.45) is 5.73 Å². The molecule has 0 aromatic carbocycles. The Morgan fingerprint density at radius 2 is 2.12 bits per heavy atom.